The Bertz CT molecular complexity index is 530. The van der Waals surface area contributed by atoms with Gasteiger partial charge in [-0.15, -0.1) is 0 Å². The third-order valence-electron chi connectivity index (χ3n) is 2.96. The minimum Gasteiger partial charge on any atom is -0.467 e. The molecule has 7 nitrogen and oxygen atoms in total. The Labute approximate surface area is 122 Å². The van der Waals surface area contributed by atoms with Crippen LogP contribution in [-0.4, -0.2) is 30.0 Å². The van der Waals surface area contributed by atoms with Gasteiger partial charge in [-0.2, -0.15) is 0 Å². The molecule has 0 saturated heterocycles. The first-order valence-electron chi connectivity index (χ1n) is 6.62. The van der Waals surface area contributed by atoms with Crippen molar-refractivity contribution in [2.24, 2.45) is 0 Å². The molecule has 0 aliphatic rings. The molecule has 7 heteroatoms. The van der Waals surface area contributed by atoms with Crippen LogP contribution in [0.4, 0.5) is 5.69 Å². The van der Waals surface area contributed by atoms with Crippen molar-refractivity contribution in [3.63, 3.8) is 0 Å². The average Bonchev–Trinajstić information content (AvgIpc) is 2.50. The molecule has 0 unspecified atom stereocenters. The lowest BCUT2D eigenvalue weighted by Crippen LogP contribution is -2.41. The molecule has 0 bridgehead atoms. The normalized spacial score (nSPS) is 11.5. The Morgan fingerprint density at radius 2 is 2.14 bits per heavy atom. The second-order valence-corrected chi connectivity index (χ2v) is 4.50. The quantitative estimate of drug-likeness (QED) is 0.471. The van der Waals surface area contributed by atoms with Crippen molar-refractivity contribution in [1.29, 1.82) is 0 Å². The molecule has 0 saturated carbocycles. The third kappa shape index (κ3) is 4.87. The number of nitro groups is 1. The van der Waals surface area contributed by atoms with Gasteiger partial charge in [0, 0.05) is 17.7 Å². The van der Waals surface area contributed by atoms with Gasteiger partial charge >= 0.3 is 5.97 Å². The van der Waals surface area contributed by atoms with Gasteiger partial charge in [0.25, 0.3) is 11.6 Å². The Balaban J connectivity index is 2.83. The predicted molar refractivity (Wildman–Crippen MR) is 75.9 cm³/mol. The first kappa shape index (κ1) is 16.6. The van der Waals surface area contributed by atoms with E-state index in [1.54, 1.807) is 0 Å². The lowest BCUT2D eigenvalue weighted by Gasteiger charge is -2.16. The smallest absolute Gasteiger partial charge is 0.328 e. The van der Waals surface area contributed by atoms with E-state index in [2.05, 4.69) is 10.1 Å². The first-order valence-corrected chi connectivity index (χ1v) is 6.62. The average molecular weight is 294 g/mol. The number of rotatable bonds is 7. The maximum atomic E-state index is 12.1. The summed E-state index contributed by atoms with van der Waals surface area (Å²) in [6.07, 6.45) is 2.10. The van der Waals surface area contributed by atoms with Gasteiger partial charge in [0.1, 0.15) is 6.04 Å². The minimum absolute atomic E-state index is 0.134. The summed E-state index contributed by atoms with van der Waals surface area (Å²) in [7, 11) is 1.25. The number of nitrogens with one attached hydrogen (secondary N) is 1. The van der Waals surface area contributed by atoms with Gasteiger partial charge in [-0.05, 0) is 12.5 Å². The number of nitrogens with zero attached hydrogens (tertiary/aromatic N) is 1. The number of methoxy groups -OCH3 is 1. The molecule has 0 aliphatic heterocycles. The molecule has 0 heterocycles. The largest absolute Gasteiger partial charge is 0.467 e. The van der Waals surface area contributed by atoms with Gasteiger partial charge in [-0.3, -0.25) is 14.9 Å². The first-order chi connectivity index (χ1) is 9.99. The highest BCUT2D eigenvalue weighted by Crippen LogP contribution is 2.13. The number of nitro benzene ring substituents is 1. The van der Waals surface area contributed by atoms with Crippen LogP contribution in [0.5, 0.6) is 0 Å². The molecule has 1 amide bonds. The van der Waals surface area contributed by atoms with Gasteiger partial charge in [0.15, 0.2) is 0 Å². The number of carbonyl (C=O) groups is 2. The van der Waals surface area contributed by atoms with Crippen molar-refractivity contribution in [3.8, 4) is 0 Å². The number of non-ortho nitro benzene ring substituents is 1. The van der Waals surface area contributed by atoms with Crippen LogP contribution in [0.25, 0.3) is 0 Å². The number of ether oxygens (including phenoxy) is 1. The van der Waals surface area contributed by atoms with Crippen molar-refractivity contribution >= 4 is 17.6 Å². The van der Waals surface area contributed by atoms with Gasteiger partial charge < -0.3 is 10.1 Å². The van der Waals surface area contributed by atoms with E-state index in [1.807, 2.05) is 6.92 Å². The zero-order valence-corrected chi connectivity index (χ0v) is 12.0. The van der Waals surface area contributed by atoms with Gasteiger partial charge in [-0.1, -0.05) is 25.8 Å². The van der Waals surface area contributed by atoms with Crippen LogP contribution in [0.3, 0.4) is 0 Å². The molecule has 1 rings (SSSR count). The zero-order chi connectivity index (χ0) is 15.8. The van der Waals surface area contributed by atoms with Crippen molar-refractivity contribution in [2.75, 3.05) is 7.11 Å². The molecule has 1 atom stereocenters. The summed E-state index contributed by atoms with van der Waals surface area (Å²) in [5.74, 6) is -1.06. The summed E-state index contributed by atoms with van der Waals surface area (Å²) < 4.78 is 4.65. The monoisotopic (exact) mass is 294 g/mol. The zero-order valence-electron chi connectivity index (χ0n) is 12.0. The molecule has 114 valence electrons. The molecular formula is C14H18N2O5. The number of benzene rings is 1. The van der Waals surface area contributed by atoms with Crippen LogP contribution in [-0.2, 0) is 9.53 Å². The van der Waals surface area contributed by atoms with Gasteiger partial charge in [0.2, 0.25) is 0 Å². The summed E-state index contributed by atoms with van der Waals surface area (Å²) in [4.78, 5) is 33.8. The van der Waals surface area contributed by atoms with Gasteiger partial charge in [0.05, 0.1) is 12.0 Å². The van der Waals surface area contributed by atoms with E-state index in [9.17, 15) is 19.7 Å². The van der Waals surface area contributed by atoms with Crippen LogP contribution in [0, 0.1) is 10.1 Å². The Morgan fingerprint density at radius 3 is 2.71 bits per heavy atom. The number of esters is 1. The van der Waals surface area contributed by atoms with E-state index in [-0.39, 0.29) is 11.3 Å². The van der Waals surface area contributed by atoms with E-state index in [4.69, 9.17) is 0 Å². The standard InChI is InChI=1S/C14H18N2O5/c1-3-4-8-12(14(18)21-2)15-13(17)10-6-5-7-11(9-10)16(19)20/h5-7,9,12H,3-4,8H2,1-2H3,(H,15,17)/t12-/m0/s1. The SMILES string of the molecule is CCCC[C@H](NC(=O)c1cccc([N+](=O)[O-])c1)C(=O)OC. The summed E-state index contributed by atoms with van der Waals surface area (Å²) in [6.45, 7) is 1.97. The summed E-state index contributed by atoms with van der Waals surface area (Å²) in [5.41, 5.74) is -0.0413. The Kier molecular flexibility index (Phi) is 6.32. The van der Waals surface area contributed by atoms with E-state index >= 15 is 0 Å². The Hall–Kier alpha value is -2.44. The molecule has 0 radical (unpaired) electrons. The molecule has 0 fully saturated rings. The van der Waals surface area contributed by atoms with E-state index < -0.39 is 22.8 Å². The van der Waals surface area contributed by atoms with Crippen molar-refractivity contribution in [2.45, 2.75) is 32.2 Å². The lowest BCUT2D eigenvalue weighted by atomic mass is 10.1. The number of amides is 1. The lowest BCUT2D eigenvalue weighted by molar-refractivity contribution is -0.384. The van der Waals surface area contributed by atoms with Crippen LogP contribution >= 0.6 is 0 Å². The summed E-state index contributed by atoms with van der Waals surface area (Å²) in [5, 5.41) is 13.2. The number of hydrogen-bond acceptors (Lipinski definition) is 5. The fraction of sp³-hybridized carbons (Fsp3) is 0.429. The predicted octanol–water partition coefficient (Wildman–Crippen LogP) is 2.06. The van der Waals surface area contributed by atoms with Crippen molar-refractivity contribution in [1.82, 2.24) is 5.32 Å². The molecule has 0 spiro atoms. The van der Waals surface area contributed by atoms with Gasteiger partial charge in [-0.25, -0.2) is 4.79 Å². The molecular weight excluding hydrogens is 276 g/mol. The number of carbonyl (C=O) groups excluding carboxylic acids is 2. The molecule has 21 heavy (non-hydrogen) atoms. The van der Waals surface area contributed by atoms with Crippen LogP contribution in [0.1, 0.15) is 36.5 Å². The molecule has 1 N–H and O–H groups in total. The second-order valence-electron chi connectivity index (χ2n) is 4.50. The topological polar surface area (TPSA) is 98.5 Å². The maximum Gasteiger partial charge on any atom is 0.328 e. The molecule has 0 aromatic heterocycles. The fourth-order valence-electron chi connectivity index (χ4n) is 1.80. The van der Waals surface area contributed by atoms with E-state index in [0.717, 1.165) is 12.8 Å². The molecule has 1 aromatic carbocycles. The van der Waals surface area contributed by atoms with Crippen LogP contribution in [0.15, 0.2) is 24.3 Å². The fourth-order valence-corrected chi connectivity index (χ4v) is 1.80. The third-order valence-corrected chi connectivity index (χ3v) is 2.96. The maximum absolute atomic E-state index is 12.1. The molecule has 0 aliphatic carbocycles. The number of hydrogen-bond donors (Lipinski definition) is 1. The van der Waals surface area contributed by atoms with Crippen LogP contribution < -0.4 is 5.32 Å². The second kappa shape index (κ2) is 7.98. The van der Waals surface area contributed by atoms with E-state index in [1.165, 1.54) is 31.4 Å². The van der Waals surface area contributed by atoms with Crippen molar-refractivity contribution < 1.29 is 19.2 Å². The minimum atomic E-state index is -0.748. The highest BCUT2D eigenvalue weighted by atomic mass is 16.6. The van der Waals surface area contributed by atoms with Crippen LogP contribution in [0.2, 0.25) is 0 Å². The van der Waals surface area contributed by atoms with Crippen molar-refractivity contribution in [3.05, 3.63) is 39.9 Å². The summed E-state index contributed by atoms with van der Waals surface area (Å²) >= 11 is 0. The highest BCUT2D eigenvalue weighted by molar-refractivity contribution is 5.97. The summed E-state index contributed by atoms with van der Waals surface area (Å²) in [6, 6.07) is 4.60. The highest BCUT2D eigenvalue weighted by Gasteiger charge is 2.22. The van der Waals surface area contributed by atoms with E-state index in [0.29, 0.717) is 6.42 Å². The Morgan fingerprint density at radius 1 is 1.43 bits per heavy atom. The number of unbranched alkanes of at least 4 members (excludes halogenated alkanes) is 1. The molecule has 1 aromatic rings.